The largest absolute Gasteiger partial charge is 0.378 e. The first kappa shape index (κ1) is 24.2. The van der Waals surface area contributed by atoms with E-state index in [1.807, 2.05) is 6.07 Å². The topological polar surface area (TPSA) is 88.8 Å². The number of rotatable bonds is 6. The third kappa shape index (κ3) is 4.79. The van der Waals surface area contributed by atoms with Crippen LogP contribution in [0.1, 0.15) is 49.9 Å². The third-order valence-corrected chi connectivity index (χ3v) is 7.03. The van der Waals surface area contributed by atoms with Gasteiger partial charge in [-0.2, -0.15) is 0 Å². The Balaban J connectivity index is 1.50. The minimum absolute atomic E-state index is 0.126. The number of nitrogens with two attached hydrogens (primary N) is 1. The summed E-state index contributed by atoms with van der Waals surface area (Å²) < 4.78 is 20.1. The van der Waals surface area contributed by atoms with Gasteiger partial charge in [0, 0.05) is 36.4 Å². The second-order valence-electron chi connectivity index (χ2n) is 8.97. The molecule has 1 aliphatic carbocycles. The van der Waals surface area contributed by atoms with E-state index in [2.05, 4.69) is 9.88 Å². The average molecular weight is 509 g/mol. The highest BCUT2D eigenvalue weighted by atomic mass is 35.5. The molecular weight excluding hydrogens is 483 g/mol. The van der Waals surface area contributed by atoms with Gasteiger partial charge in [0.15, 0.2) is 0 Å². The Labute approximate surface area is 213 Å². The fraction of sp³-hybridized carbons (Fsp3) is 0.296. The maximum Gasteiger partial charge on any atom is 0.256 e. The monoisotopic (exact) mass is 508 g/mol. The highest BCUT2D eigenvalue weighted by molar-refractivity contribution is 6.30. The number of pyridine rings is 1. The van der Waals surface area contributed by atoms with Crippen molar-refractivity contribution in [1.29, 1.82) is 0 Å². The molecule has 2 N–H and O–H groups in total. The van der Waals surface area contributed by atoms with Gasteiger partial charge in [0.1, 0.15) is 11.6 Å². The molecular formula is C27H26ClFN4O3. The number of primary amides is 1. The van der Waals surface area contributed by atoms with E-state index in [9.17, 15) is 14.0 Å². The first-order chi connectivity index (χ1) is 17.4. The molecule has 1 fully saturated rings. The van der Waals surface area contributed by atoms with Gasteiger partial charge in [0.2, 0.25) is 5.91 Å². The number of aromatic nitrogens is 1. The number of amides is 2. The quantitative estimate of drug-likeness (QED) is 0.540. The minimum atomic E-state index is -0.574. The number of carbonyl (C=O) groups is 2. The maximum absolute atomic E-state index is 14.7. The van der Waals surface area contributed by atoms with Crippen LogP contribution in [0.5, 0.6) is 0 Å². The lowest BCUT2D eigenvalue weighted by Gasteiger charge is -2.31. The summed E-state index contributed by atoms with van der Waals surface area (Å²) in [6, 6.07) is 13.1. The Kier molecular flexibility index (Phi) is 6.89. The molecule has 5 rings (SSSR count). The number of ether oxygens (including phenoxy) is 1. The van der Waals surface area contributed by atoms with Crippen molar-refractivity contribution in [3.8, 4) is 0 Å². The van der Waals surface area contributed by atoms with Gasteiger partial charge in [-0.05, 0) is 59.9 Å². The van der Waals surface area contributed by atoms with Crippen molar-refractivity contribution < 1.29 is 18.7 Å². The van der Waals surface area contributed by atoms with Gasteiger partial charge < -0.3 is 20.3 Å². The summed E-state index contributed by atoms with van der Waals surface area (Å²) in [5.74, 6) is -0.439. The summed E-state index contributed by atoms with van der Waals surface area (Å²) in [7, 11) is 0. The second-order valence-corrected chi connectivity index (χ2v) is 9.41. The molecule has 186 valence electrons. The second kappa shape index (κ2) is 10.2. The summed E-state index contributed by atoms with van der Waals surface area (Å²) in [5.41, 5.74) is 8.21. The summed E-state index contributed by atoms with van der Waals surface area (Å²) in [6.45, 7) is 2.87. The van der Waals surface area contributed by atoms with E-state index in [-0.39, 0.29) is 23.3 Å². The van der Waals surface area contributed by atoms with Gasteiger partial charge in [0.05, 0.1) is 24.8 Å². The van der Waals surface area contributed by atoms with Crippen LogP contribution in [-0.2, 0) is 17.7 Å². The van der Waals surface area contributed by atoms with E-state index in [0.717, 1.165) is 18.9 Å². The van der Waals surface area contributed by atoms with Gasteiger partial charge >= 0.3 is 0 Å². The van der Waals surface area contributed by atoms with Gasteiger partial charge in [-0.1, -0.05) is 29.8 Å². The lowest BCUT2D eigenvalue weighted by molar-refractivity contribution is 0.0655. The molecule has 7 nitrogen and oxygen atoms in total. The van der Waals surface area contributed by atoms with Crippen LogP contribution in [-0.4, -0.2) is 48.0 Å². The molecule has 2 heterocycles. The number of hydrogen-bond donors (Lipinski definition) is 1. The first-order valence-corrected chi connectivity index (χ1v) is 12.3. The molecule has 9 heteroatoms. The smallest absolute Gasteiger partial charge is 0.256 e. The molecule has 0 saturated carbocycles. The Morgan fingerprint density at radius 2 is 1.94 bits per heavy atom. The molecule has 1 aromatic heterocycles. The number of anilines is 1. The zero-order valence-corrected chi connectivity index (χ0v) is 20.4. The van der Waals surface area contributed by atoms with Crippen molar-refractivity contribution in [3.63, 3.8) is 0 Å². The van der Waals surface area contributed by atoms with Crippen molar-refractivity contribution in [2.75, 3.05) is 31.2 Å². The van der Waals surface area contributed by atoms with Crippen molar-refractivity contribution in [1.82, 2.24) is 9.88 Å². The highest BCUT2D eigenvalue weighted by Crippen LogP contribution is 2.40. The number of nitrogens with zero attached hydrogens (tertiary/aromatic N) is 3. The van der Waals surface area contributed by atoms with Gasteiger partial charge in [-0.15, -0.1) is 0 Å². The van der Waals surface area contributed by atoms with Crippen molar-refractivity contribution in [2.24, 2.45) is 5.73 Å². The standard InChI is InChI=1S/C27H26ClFN4O3/c28-19-13-22-21(23(29)14-19)6-7-24(22)33(16-18-3-1-2-4-20(18)26(30)34)27(35)17-5-8-25(31-15-17)32-9-11-36-12-10-32/h1-5,8,13-15,24H,6-7,9-12,16H2,(H2,30,34)/t24-/m1/s1. The number of fused-ring (bicyclic) bond motifs is 1. The lowest BCUT2D eigenvalue weighted by atomic mass is 10.0. The van der Waals surface area contributed by atoms with E-state index in [1.54, 1.807) is 47.5 Å². The first-order valence-electron chi connectivity index (χ1n) is 11.9. The molecule has 0 spiro atoms. The number of morpholine rings is 1. The molecule has 1 aliphatic heterocycles. The Morgan fingerprint density at radius 3 is 2.67 bits per heavy atom. The summed E-state index contributed by atoms with van der Waals surface area (Å²) in [4.78, 5) is 34.3. The summed E-state index contributed by atoms with van der Waals surface area (Å²) in [6.07, 6.45) is 2.59. The third-order valence-electron chi connectivity index (χ3n) is 6.81. The summed E-state index contributed by atoms with van der Waals surface area (Å²) in [5, 5.41) is 0.277. The highest BCUT2D eigenvalue weighted by Gasteiger charge is 2.34. The summed E-state index contributed by atoms with van der Waals surface area (Å²) >= 11 is 6.19. The maximum atomic E-state index is 14.7. The van der Waals surface area contributed by atoms with Gasteiger partial charge in [-0.3, -0.25) is 9.59 Å². The van der Waals surface area contributed by atoms with E-state index in [0.29, 0.717) is 53.9 Å². The molecule has 2 aromatic carbocycles. The number of halogens is 2. The molecule has 2 amide bonds. The van der Waals surface area contributed by atoms with Crippen LogP contribution < -0.4 is 10.6 Å². The van der Waals surface area contributed by atoms with Crippen LogP contribution in [0.25, 0.3) is 0 Å². The van der Waals surface area contributed by atoms with Crippen LogP contribution in [0.15, 0.2) is 54.7 Å². The molecule has 0 radical (unpaired) electrons. The van der Waals surface area contributed by atoms with E-state index in [1.165, 1.54) is 6.07 Å². The zero-order valence-electron chi connectivity index (χ0n) is 19.6. The molecule has 1 atom stereocenters. The predicted molar refractivity (Wildman–Crippen MR) is 135 cm³/mol. The number of carbonyl (C=O) groups excluding carboxylic acids is 2. The van der Waals surface area contributed by atoms with Crippen molar-refractivity contribution in [2.45, 2.75) is 25.4 Å². The Bertz CT molecular complexity index is 1290. The van der Waals surface area contributed by atoms with Crippen LogP contribution in [0.4, 0.5) is 10.2 Å². The fourth-order valence-corrected chi connectivity index (χ4v) is 5.22. The van der Waals surface area contributed by atoms with Gasteiger partial charge in [-0.25, -0.2) is 9.37 Å². The van der Waals surface area contributed by atoms with E-state index < -0.39 is 11.9 Å². The zero-order chi connectivity index (χ0) is 25.2. The van der Waals surface area contributed by atoms with Crippen molar-refractivity contribution in [3.05, 3.63) is 93.4 Å². The lowest BCUT2D eigenvalue weighted by Crippen LogP contribution is -2.37. The number of hydrogen-bond acceptors (Lipinski definition) is 5. The number of benzene rings is 2. The fourth-order valence-electron chi connectivity index (χ4n) is 5.01. The average Bonchev–Trinajstić information content (AvgIpc) is 3.31. The van der Waals surface area contributed by atoms with E-state index in [4.69, 9.17) is 22.1 Å². The Hall–Kier alpha value is -3.49. The Morgan fingerprint density at radius 1 is 1.17 bits per heavy atom. The molecule has 36 heavy (non-hydrogen) atoms. The molecule has 2 aliphatic rings. The molecule has 0 unspecified atom stereocenters. The molecule has 3 aromatic rings. The predicted octanol–water partition coefficient (Wildman–Crippen LogP) is 4.14. The molecule has 1 saturated heterocycles. The van der Waals surface area contributed by atoms with Crippen LogP contribution >= 0.6 is 11.6 Å². The normalized spacial score (nSPS) is 17.1. The minimum Gasteiger partial charge on any atom is -0.378 e. The van der Waals surface area contributed by atoms with Crippen molar-refractivity contribution >= 4 is 29.2 Å². The van der Waals surface area contributed by atoms with E-state index >= 15 is 0 Å². The molecule has 0 bridgehead atoms. The van der Waals surface area contributed by atoms with Crippen LogP contribution in [0, 0.1) is 5.82 Å². The van der Waals surface area contributed by atoms with Crippen LogP contribution in [0.3, 0.4) is 0 Å². The van der Waals surface area contributed by atoms with Crippen LogP contribution in [0.2, 0.25) is 5.02 Å². The SMILES string of the molecule is NC(=O)c1ccccc1CN(C(=O)c1ccc(N2CCOCC2)nc1)[C@@H]1CCc2c(F)cc(Cl)cc21. The van der Waals surface area contributed by atoms with Gasteiger partial charge in [0.25, 0.3) is 5.91 Å².